The summed E-state index contributed by atoms with van der Waals surface area (Å²) in [6.07, 6.45) is 21.0. The molecule has 22 heavy (non-hydrogen) atoms. The first-order valence-electron chi connectivity index (χ1n) is 10.4. The van der Waals surface area contributed by atoms with Gasteiger partial charge in [0.15, 0.2) is 0 Å². The molecule has 2 fully saturated rings. The summed E-state index contributed by atoms with van der Waals surface area (Å²) in [4.78, 5) is 0. The van der Waals surface area contributed by atoms with Crippen LogP contribution in [0.4, 0.5) is 0 Å². The van der Waals surface area contributed by atoms with E-state index in [2.05, 4.69) is 0 Å². The first-order valence-corrected chi connectivity index (χ1v) is 10.4. The Bertz CT molecular complexity index is 520. The lowest BCUT2D eigenvalue weighted by molar-refractivity contribution is 0.222. The van der Waals surface area contributed by atoms with Crippen LogP contribution in [0.15, 0.2) is 22.3 Å². The molecule has 0 nitrogen and oxygen atoms in total. The van der Waals surface area contributed by atoms with Gasteiger partial charge in [0.2, 0.25) is 0 Å². The van der Waals surface area contributed by atoms with Crippen LogP contribution in [0.5, 0.6) is 0 Å². The Morgan fingerprint density at radius 1 is 0.500 bits per heavy atom. The normalized spacial score (nSPS) is 41.5. The van der Waals surface area contributed by atoms with Gasteiger partial charge in [-0.05, 0) is 88.4 Å². The van der Waals surface area contributed by atoms with Crippen LogP contribution in [0, 0.1) is 23.7 Å². The molecule has 2 saturated carbocycles. The van der Waals surface area contributed by atoms with Crippen LogP contribution in [0.2, 0.25) is 0 Å². The van der Waals surface area contributed by atoms with Crippen LogP contribution in [0.25, 0.3) is 0 Å². The Balaban J connectivity index is 1.51. The van der Waals surface area contributed by atoms with Gasteiger partial charge in [-0.2, -0.15) is 0 Å². The quantitative estimate of drug-likeness (QED) is 0.443. The van der Waals surface area contributed by atoms with Crippen LogP contribution in [0.3, 0.4) is 0 Å². The maximum Gasteiger partial charge on any atom is 0.00128 e. The lowest BCUT2D eigenvalue weighted by atomic mass is 9.58. The van der Waals surface area contributed by atoms with Gasteiger partial charge in [0.1, 0.15) is 0 Å². The van der Waals surface area contributed by atoms with Gasteiger partial charge in [-0.3, -0.25) is 0 Å². The average molecular weight is 296 g/mol. The van der Waals surface area contributed by atoms with Gasteiger partial charge in [-0.25, -0.2) is 0 Å². The lowest BCUT2D eigenvalue weighted by Crippen LogP contribution is -2.33. The second-order valence-electron chi connectivity index (χ2n) is 8.86. The van der Waals surface area contributed by atoms with E-state index in [0.717, 1.165) is 23.7 Å². The second-order valence-corrected chi connectivity index (χ2v) is 8.86. The molecule has 5 aliphatic carbocycles. The summed E-state index contributed by atoms with van der Waals surface area (Å²) >= 11 is 0. The molecule has 4 atom stereocenters. The van der Waals surface area contributed by atoms with E-state index >= 15 is 0 Å². The van der Waals surface area contributed by atoms with Crippen LogP contribution in [0.1, 0.15) is 89.9 Å². The highest BCUT2D eigenvalue weighted by molar-refractivity contribution is 5.39. The molecule has 0 aliphatic heterocycles. The fourth-order valence-electron chi connectivity index (χ4n) is 7.08. The van der Waals surface area contributed by atoms with Crippen molar-refractivity contribution < 1.29 is 0 Å². The predicted octanol–water partition coefficient (Wildman–Crippen LogP) is 6.57. The van der Waals surface area contributed by atoms with Crippen molar-refractivity contribution in [3.8, 4) is 0 Å². The van der Waals surface area contributed by atoms with Crippen molar-refractivity contribution in [1.29, 1.82) is 0 Å². The minimum atomic E-state index is 0.927. The molecule has 0 heteroatoms. The SMILES string of the molecule is C1CCC2CCC3C(=C2C1)CCC1=C3CCC2CCCCC12. The molecule has 0 amide bonds. The van der Waals surface area contributed by atoms with Gasteiger partial charge in [-0.1, -0.05) is 41.6 Å². The Morgan fingerprint density at radius 3 is 2.32 bits per heavy atom. The standard InChI is InChI=1S/C22H32/c1-3-7-17-15(5-1)9-11-21-19(17)13-14-20-18-8-4-2-6-16(18)10-12-22(20)21/h15-17,22H,1-14H2. The van der Waals surface area contributed by atoms with Gasteiger partial charge < -0.3 is 0 Å². The van der Waals surface area contributed by atoms with Gasteiger partial charge in [0, 0.05) is 5.92 Å². The van der Waals surface area contributed by atoms with Crippen molar-refractivity contribution in [2.75, 3.05) is 0 Å². The molecule has 5 rings (SSSR count). The molecule has 0 aromatic carbocycles. The first-order chi connectivity index (χ1) is 10.9. The third kappa shape index (κ3) is 2.09. The molecule has 0 spiro atoms. The van der Waals surface area contributed by atoms with Crippen molar-refractivity contribution >= 4 is 0 Å². The number of allylic oxidation sites excluding steroid dienone is 4. The summed E-state index contributed by atoms with van der Waals surface area (Å²) < 4.78 is 0. The van der Waals surface area contributed by atoms with Gasteiger partial charge in [0.25, 0.3) is 0 Å². The number of fused-ring (bicyclic) bond motifs is 5. The Hall–Kier alpha value is -0.520. The topological polar surface area (TPSA) is 0 Å². The van der Waals surface area contributed by atoms with Crippen molar-refractivity contribution in [1.82, 2.24) is 0 Å². The van der Waals surface area contributed by atoms with E-state index in [1.807, 2.05) is 22.3 Å². The zero-order valence-corrected chi connectivity index (χ0v) is 14.2. The lowest BCUT2D eigenvalue weighted by Gasteiger charge is -2.47. The monoisotopic (exact) mass is 296 g/mol. The molecular formula is C22H32. The van der Waals surface area contributed by atoms with E-state index < -0.39 is 0 Å². The molecule has 4 unspecified atom stereocenters. The molecule has 5 aliphatic rings. The summed E-state index contributed by atoms with van der Waals surface area (Å²) in [7, 11) is 0. The minimum absolute atomic E-state index is 0.927. The van der Waals surface area contributed by atoms with Crippen molar-refractivity contribution in [2.24, 2.45) is 23.7 Å². The molecule has 0 bridgehead atoms. The van der Waals surface area contributed by atoms with Crippen molar-refractivity contribution in [3.63, 3.8) is 0 Å². The summed E-state index contributed by atoms with van der Waals surface area (Å²) in [5.41, 5.74) is 7.93. The van der Waals surface area contributed by atoms with E-state index in [9.17, 15) is 0 Å². The van der Waals surface area contributed by atoms with E-state index in [4.69, 9.17) is 0 Å². The maximum atomic E-state index is 2.00. The highest BCUT2D eigenvalue weighted by atomic mass is 14.5. The first kappa shape index (κ1) is 13.9. The highest BCUT2D eigenvalue weighted by Gasteiger charge is 2.41. The second kappa shape index (κ2) is 5.53. The molecule has 0 radical (unpaired) electrons. The number of hydrogen-bond acceptors (Lipinski definition) is 0. The Kier molecular flexibility index (Phi) is 3.49. The van der Waals surface area contributed by atoms with Crippen LogP contribution >= 0.6 is 0 Å². The molecule has 0 saturated heterocycles. The van der Waals surface area contributed by atoms with Crippen LogP contribution < -0.4 is 0 Å². The molecular weight excluding hydrogens is 264 g/mol. The van der Waals surface area contributed by atoms with E-state index in [1.54, 1.807) is 6.42 Å². The van der Waals surface area contributed by atoms with Gasteiger partial charge in [0.05, 0.1) is 0 Å². The molecule has 0 heterocycles. The molecule has 0 aromatic heterocycles. The summed E-state index contributed by atoms with van der Waals surface area (Å²) in [6.45, 7) is 0. The largest absolute Gasteiger partial charge is 0.0673 e. The fraction of sp³-hybridized carbons (Fsp3) is 0.818. The number of hydrogen-bond donors (Lipinski definition) is 0. The Morgan fingerprint density at radius 2 is 1.32 bits per heavy atom. The zero-order chi connectivity index (χ0) is 14.5. The van der Waals surface area contributed by atoms with Crippen LogP contribution in [-0.2, 0) is 0 Å². The van der Waals surface area contributed by atoms with E-state index in [0.29, 0.717) is 0 Å². The molecule has 120 valence electrons. The smallest absolute Gasteiger partial charge is 0.00128 e. The summed E-state index contributed by atoms with van der Waals surface area (Å²) in [6, 6.07) is 0. The molecule has 0 aromatic rings. The Labute approximate surface area is 136 Å². The third-order valence-electron chi connectivity index (χ3n) is 8.02. The van der Waals surface area contributed by atoms with Gasteiger partial charge in [-0.15, -0.1) is 0 Å². The fourth-order valence-corrected chi connectivity index (χ4v) is 7.08. The maximum absolute atomic E-state index is 2.00. The number of rotatable bonds is 0. The van der Waals surface area contributed by atoms with E-state index in [-0.39, 0.29) is 0 Å². The van der Waals surface area contributed by atoms with Crippen molar-refractivity contribution in [2.45, 2.75) is 89.9 Å². The summed E-state index contributed by atoms with van der Waals surface area (Å²) in [5.74, 6) is 4.03. The highest BCUT2D eigenvalue weighted by Crippen LogP contribution is 2.55. The third-order valence-corrected chi connectivity index (χ3v) is 8.02. The predicted molar refractivity (Wildman–Crippen MR) is 92.7 cm³/mol. The van der Waals surface area contributed by atoms with Crippen molar-refractivity contribution in [3.05, 3.63) is 22.3 Å². The molecule has 0 N–H and O–H groups in total. The van der Waals surface area contributed by atoms with Gasteiger partial charge >= 0.3 is 0 Å². The minimum Gasteiger partial charge on any atom is -0.0673 e. The summed E-state index contributed by atoms with van der Waals surface area (Å²) in [5, 5.41) is 0. The average Bonchev–Trinajstić information content (AvgIpc) is 2.60. The van der Waals surface area contributed by atoms with E-state index in [1.165, 1.54) is 83.5 Å². The zero-order valence-electron chi connectivity index (χ0n) is 14.2. The van der Waals surface area contributed by atoms with Crippen LogP contribution in [-0.4, -0.2) is 0 Å².